The predicted molar refractivity (Wildman–Crippen MR) is 82.9 cm³/mol. The Morgan fingerprint density at radius 1 is 0.938 bits per heavy atom. The van der Waals surface area contributed by atoms with E-state index in [9.17, 15) is 0 Å². The number of allylic oxidation sites excluding steroid dienone is 3. The van der Waals surface area contributed by atoms with Crippen LogP contribution in [0.3, 0.4) is 0 Å². The maximum atomic E-state index is 3.26. The van der Waals surface area contributed by atoms with Crippen molar-refractivity contribution >= 4 is 41.0 Å². The number of hydrogen-bond donors (Lipinski definition) is 0. The molecule has 0 aromatic carbocycles. The Labute approximate surface area is 135 Å². The zero-order valence-corrected chi connectivity index (χ0v) is 17.3. The SMILES string of the molecule is C[Si](C)(C)C=C[C-]=CC[Si](C)(C)C.Cl.Cl.[Zr]. The molecular formula is C11H25Cl2Si2Zr-. The molecule has 0 aliphatic heterocycles. The molecule has 0 aliphatic carbocycles. The molecule has 0 N–H and O–H groups in total. The Morgan fingerprint density at radius 2 is 1.38 bits per heavy atom. The van der Waals surface area contributed by atoms with Crippen LogP contribution in [0.2, 0.25) is 45.3 Å². The largest absolute Gasteiger partial charge is 0.256 e. The summed E-state index contributed by atoms with van der Waals surface area (Å²) in [5.74, 6) is 0. The second-order valence-electron chi connectivity index (χ2n) is 5.83. The minimum Gasteiger partial charge on any atom is -0.256 e. The summed E-state index contributed by atoms with van der Waals surface area (Å²) in [6.07, 6.45) is 7.56. The fourth-order valence-corrected chi connectivity index (χ4v) is 2.06. The topological polar surface area (TPSA) is 0 Å². The van der Waals surface area contributed by atoms with E-state index in [1.54, 1.807) is 0 Å². The minimum atomic E-state index is -1.00. The molecular weight excluding hydrogens is 350 g/mol. The van der Waals surface area contributed by atoms with Gasteiger partial charge in [-0.15, -0.1) is 24.8 Å². The fourth-order valence-electron chi connectivity index (χ4n) is 0.731. The molecule has 0 fully saturated rings. The number of halogens is 2. The fraction of sp³-hybridized carbons (Fsp3) is 0.636. The first-order valence-corrected chi connectivity index (χ1v) is 12.2. The average Bonchev–Trinajstić information content (AvgIpc) is 1.81. The molecule has 96 valence electrons. The van der Waals surface area contributed by atoms with Gasteiger partial charge in [0, 0.05) is 34.3 Å². The van der Waals surface area contributed by atoms with Crippen LogP contribution in [-0.2, 0) is 26.2 Å². The Balaban J connectivity index is -0.000000240. The van der Waals surface area contributed by atoms with Crippen LogP contribution in [0.5, 0.6) is 0 Å². The standard InChI is InChI=1S/C11H23Si2.2ClH.Zr/c1-12(2,3)10-8-7-9-11-13(4,5)6;;;/h8-10H,11H2,1-6H3;2*1H;/q-1;;;. The summed E-state index contributed by atoms with van der Waals surface area (Å²) in [5.41, 5.74) is 2.33. The van der Waals surface area contributed by atoms with Crippen molar-refractivity contribution < 1.29 is 26.2 Å². The molecule has 0 saturated carbocycles. The Morgan fingerprint density at radius 3 is 1.69 bits per heavy atom. The van der Waals surface area contributed by atoms with Gasteiger partial charge in [-0.2, -0.15) is 6.08 Å². The van der Waals surface area contributed by atoms with Crippen molar-refractivity contribution in [1.82, 2.24) is 0 Å². The van der Waals surface area contributed by atoms with Gasteiger partial charge in [0.15, 0.2) is 0 Å². The van der Waals surface area contributed by atoms with Crippen molar-refractivity contribution in [3.63, 3.8) is 0 Å². The Kier molecular flexibility index (Phi) is 18.7. The second kappa shape index (κ2) is 11.5. The molecule has 0 unspecified atom stereocenters. The summed E-state index contributed by atoms with van der Waals surface area (Å²) in [6.45, 7) is 14.2. The van der Waals surface area contributed by atoms with Crippen LogP contribution < -0.4 is 0 Å². The third-order valence-corrected chi connectivity index (χ3v) is 4.11. The van der Waals surface area contributed by atoms with E-state index in [0.717, 1.165) is 0 Å². The monoisotopic (exact) mass is 373 g/mol. The van der Waals surface area contributed by atoms with Gasteiger partial charge in [-0.25, -0.2) is 11.8 Å². The maximum Gasteiger partial charge on any atom is 0.0465 e. The zero-order valence-electron chi connectivity index (χ0n) is 11.3. The van der Waals surface area contributed by atoms with Crippen molar-refractivity contribution in [2.24, 2.45) is 0 Å². The van der Waals surface area contributed by atoms with Gasteiger partial charge in [0.25, 0.3) is 0 Å². The van der Waals surface area contributed by atoms with Crippen LogP contribution in [0.25, 0.3) is 0 Å². The molecule has 0 radical (unpaired) electrons. The third kappa shape index (κ3) is 24.6. The molecule has 0 atom stereocenters. The van der Waals surface area contributed by atoms with E-state index < -0.39 is 16.1 Å². The summed E-state index contributed by atoms with van der Waals surface area (Å²) in [4.78, 5) is 0. The van der Waals surface area contributed by atoms with Crippen LogP contribution in [-0.4, -0.2) is 16.1 Å². The van der Waals surface area contributed by atoms with E-state index in [1.165, 1.54) is 6.04 Å². The zero-order chi connectivity index (χ0) is 10.5. The summed E-state index contributed by atoms with van der Waals surface area (Å²) >= 11 is 0. The second-order valence-corrected chi connectivity index (χ2v) is 16.4. The summed E-state index contributed by atoms with van der Waals surface area (Å²) in [5, 5.41) is 0. The molecule has 0 saturated heterocycles. The van der Waals surface area contributed by atoms with Gasteiger partial charge in [-0.1, -0.05) is 45.3 Å². The van der Waals surface area contributed by atoms with Crippen molar-refractivity contribution in [2.75, 3.05) is 0 Å². The molecule has 0 aliphatic rings. The Hall–Kier alpha value is 1.38. The van der Waals surface area contributed by atoms with Gasteiger partial charge in [0.05, 0.1) is 0 Å². The van der Waals surface area contributed by atoms with Crippen LogP contribution in [0.1, 0.15) is 0 Å². The van der Waals surface area contributed by atoms with E-state index in [0.29, 0.717) is 0 Å². The van der Waals surface area contributed by atoms with E-state index in [1.807, 2.05) is 0 Å². The van der Waals surface area contributed by atoms with Gasteiger partial charge in [-0.05, 0) is 8.07 Å². The smallest absolute Gasteiger partial charge is 0.0465 e. The molecule has 0 aromatic heterocycles. The summed E-state index contributed by atoms with van der Waals surface area (Å²) in [6, 6.07) is 1.24. The molecule has 0 bridgehead atoms. The van der Waals surface area contributed by atoms with Crippen LogP contribution in [0.15, 0.2) is 17.9 Å². The van der Waals surface area contributed by atoms with Crippen LogP contribution in [0, 0.1) is 6.08 Å². The van der Waals surface area contributed by atoms with Gasteiger partial charge in [0.2, 0.25) is 0 Å². The first-order chi connectivity index (χ1) is 5.71. The van der Waals surface area contributed by atoms with E-state index in [2.05, 4.69) is 63.2 Å². The van der Waals surface area contributed by atoms with E-state index >= 15 is 0 Å². The average molecular weight is 376 g/mol. The van der Waals surface area contributed by atoms with Gasteiger partial charge in [-0.3, -0.25) is 6.08 Å². The maximum absolute atomic E-state index is 3.26. The number of hydrogen-bond acceptors (Lipinski definition) is 0. The van der Waals surface area contributed by atoms with Gasteiger partial charge >= 0.3 is 0 Å². The van der Waals surface area contributed by atoms with Crippen LogP contribution >= 0.6 is 24.8 Å². The summed E-state index contributed by atoms with van der Waals surface area (Å²) in [7, 11) is -1.90. The van der Waals surface area contributed by atoms with Gasteiger partial charge < -0.3 is 0 Å². The number of rotatable bonds is 4. The molecule has 0 spiro atoms. The third-order valence-electron chi connectivity index (χ3n) is 1.51. The quantitative estimate of drug-likeness (QED) is 0.370. The molecule has 0 heterocycles. The Bertz CT molecular complexity index is 203. The first kappa shape index (κ1) is 26.0. The van der Waals surface area contributed by atoms with Crippen molar-refractivity contribution in [3.8, 4) is 0 Å². The van der Waals surface area contributed by atoms with Crippen molar-refractivity contribution in [3.05, 3.63) is 23.9 Å². The molecule has 0 nitrogen and oxygen atoms in total. The molecule has 0 amide bonds. The van der Waals surface area contributed by atoms with Crippen molar-refractivity contribution in [1.29, 1.82) is 0 Å². The van der Waals surface area contributed by atoms with Crippen molar-refractivity contribution in [2.45, 2.75) is 45.3 Å². The minimum absolute atomic E-state index is 0. The summed E-state index contributed by atoms with van der Waals surface area (Å²) < 4.78 is 0. The first-order valence-electron chi connectivity index (χ1n) is 4.96. The molecule has 16 heavy (non-hydrogen) atoms. The normalized spacial score (nSPS) is 11.9. The van der Waals surface area contributed by atoms with E-state index in [4.69, 9.17) is 0 Å². The van der Waals surface area contributed by atoms with E-state index in [-0.39, 0.29) is 51.0 Å². The molecule has 0 aromatic rings. The predicted octanol–water partition coefficient (Wildman–Crippen LogP) is 4.96. The van der Waals surface area contributed by atoms with Crippen LogP contribution in [0.4, 0.5) is 0 Å². The van der Waals surface area contributed by atoms with Gasteiger partial charge in [0.1, 0.15) is 0 Å². The molecule has 5 heteroatoms. The molecule has 0 rings (SSSR count).